The van der Waals surface area contributed by atoms with Crippen molar-refractivity contribution in [2.75, 3.05) is 60.0 Å². The van der Waals surface area contributed by atoms with Gasteiger partial charge in [-0.25, -0.2) is 0 Å². The third-order valence-corrected chi connectivity index (χ3v) is 7.58. The van der Waals surface area contributed by atoms with Crippen LogP contribution in [0.4, 0.5) is 0 Å². The van der Waals surface area contributed by atoms with E-state index in [9.17, 15) is 14.7 Å². The lowest BCUT2D eigenvalue weighted by Gasteiger charge is -2.13. The first-order valence-electron chi connectivity index (χ1n) is 15.2. The largest absolute Gasteiger partial charge is 0.497 e. The van der Waals surface area contributed by atoms with E-state index in [0.717, 1.165) is 44.0 Å². The quantitative estimate of drug-likeness (QED) is 0.114. The van der Waals surface area contributed by atoms with Gasteiger partial charge in [0.2, 0.25) is 0 Å². The van der Waals surface area contributed by atoms with E-state index >= 15 is 0 Å². The van der Waals surface area contributed by atoms with E-state index in [4.69, 9.17) is 28.4 Å². The standard InChI is InChI=1S/C36H42O9/c1-25(28-6-8-30-20-27(24-37)4-5-31(30)21-28)35(38)44-18-16-42-14-12-41-13-15-43-17-19-45-36(39)26(2)29-7-9-33-23-34(40-3)11-10-32(33)22-29/h4-11,20-23,25-26,37H,12-19,24H2,1-3H3/t25-,26-/m0/s1. The van der Waals surface area contributed by atoms with E-state index in [-0.39, 0.29) is 45.0 Å². The molecule has 0 aliphatic carbocycles. The van der Waals surface area contributed by atoms with Gasteiger partial charge in [0.15, 0.2) is 0 Å². The second-order valence-corrected chi connectivity index (χ2v) is 10.7. The van der Waals surface area contributed by atoms with Crippen molar-refractivity contribution in [3.63, 3.8) is 0 Å². The maximum absolute atomic E-state index is 12.5. The van der Waals surface area contributed by atoms with Gasteiger partial charge in [-0.1, -0.05) is 54.6 Å². The number of aliphatic hydroxyl groups is 1. The predicted molar refractivity (Wildman–Crippen MR) is 172 cm³/mol. The predicted octanol–water partition coefficient (Wildman–Crippen LogP) is 5.54. The molecule has 0 unspecified atom stereocenters. The zero-order valence-electron chi connectivity index (χ0n) is 26.2. The monoisotopic (exact) mass is 618 g/mol. The molecule has 9 heteroatoms. The Morgan fingerprint density at radius 1 is 0.578 bits per heavy atom. The van der Waals surface area contributed by atoms with Crippen LogP contribution in [0, 0.1) is 0 Å². The van der Waals surface area contributed by atoms with Crippen LogP contribution in [-0.2, 0) is 39.9 Å². The Hall–Kier alpha value is -4.02. The van der Waals surface area contributed by atoms with Gasteiger partial charge in [0.05, 0.1) is 65.2 Å². The Kier molecular flexibility index (Phi) is 13.1. The molecule has 9 nitrogen and oxygen atoms in total. The van der Waals surface area contributed by atoms with E-state index in [2.05, 4.69) is 0 Å². The van der Waals surface area contributed by atoms with Crippen LogP contribution in [0.5, 0.6) is 5.75 Å². The topological polar surface area (TPSA) is 110 Å². The lowest BCUT2D eigenvalue weighted by Crippen LogP contribution is -2.18. The summed E-state index contributed by atoms with van der Waals surface area (Å²) in [6.07, 6.45) is 0. The number of methoxy groups -OCH3 is 1. The van der Waals surface area contributed by atoms with Crippen LogP contribution in [0.25, 0.3) is 21.5 Å². The molecular weight excluding hydrogens is 576 g/mol. The molecule has 0 aliphatic heterocycles. The number of carbonyl (C=O) groups is 2. The van der Waals surface area contributed by atoms with E-state index in [0.29, 0.717) is 26.4 Å². The third kappa shape index (κ3) is 9.99. The molecule has 0 fully saturated rings. The van der Waals surface area contributed by atoms with E-state index < -0.39 is 11.8 Å². The average molecular weight is 619 g/mol. The highest BCUT2D eigenvalue weighted by Crippen LogP contribution is 2.26. The number of carbonyl (C=O) groups excluding carboxylic acids is 2. The maximum atomic E-state index is 12.5. The number of aliphatic hydroxyl groups excluding tert-OH is 1. The number of rotatable bonds is 18. The van der Waals surface area contributed by atoms with Gasteiger partial charge in [-0.3, -0.25) is 9.59 Å². The molecule has 0 bridgehead atoms. The number of hydrogen-bond donors (Lipinski definition) is 1. The molecule has 0 aliphatic rings. The van der Waals surface area contributed by atoms with Crippen molar-refractivity contribution in [1.82, 2.24) is 0 Å². The summed E-state index contributed by atoms with van der Waals surface area (Å²) in [5, 5.41) is 13.4. The first kappa shape index (κ1) is 33.9. The molecular formula is C36H42O9. The normalized spacial score (nSPS) is 12.6. The number of ether oxygens (including phenoxy) is 6. The summed E-state index contributed by atoms with van der Waals surface area (Å²) in [6.45, 7) is 6.03. The maximum Gasteiger partial charge on any atom is 0.313 e. The fourth-order valence-electron chi connectivity index (χ4n) is 4.79. The van der Waals surface area contributed by atoms with Crippen LogP contribution in [-0.4, -0.2) is 77.0 Å². The summed E-state index contributed by atoms with van der Waals surface area (Å²) in [5.74, 6) is -0.614. The van der Waals surface area contributed by atoms with Crippen molar-refractivity contribution in [1.29, 1.82) is 0 Å². The van der Waals surface area contributed by atoms with E-state index in [1.54, 1.807) is 7.11 Å². The first-order valence-corrected chi connectivity index (χ1v) is 15.2. The van der Waals surface area contributed by atoms with Gasteiger partial charge in [0.25, 0.3) is 0 Å². The lowest BCUT2D eigenvalue weighted by atomic mass is 9.97. The van der Waals surface area contributed by atoms with Gasteiger partial charge in [-0.05, 0) is 70.3 Å². The van der Waals surface area contributed by atoms with Gasteiger partial charge in [0, 0.05) is 0 Å². The Morgan fingerprint density at radius 3 is 1.49 bits per heavy atom. The van der Waals surface area contributed by atoms with Crippen molar-refractivity contribution < 1.29 is 43.1 Å². The van der Waals surface area contributed by atoms with Gasteiger partial charge in [-0.15, -0.1) is 0 Å². The second-order valence-electron chi connectivity index (χ2n) is 10.7. The first-order chi connectivity index (χ1) is 21.9. The van der Waals surface area contributed by atoms with Crippen LogP contribution < -0.4 is 4.74 Å². The van der Waals surface area contributed by atoms with Crippen LogP contribution in [0.1, 0.15) is 42.4 Å². The van der Waals surface area contributed by atoms with Crippen molar-refractivity contribution in [3.05, 3.63) is 89.5 Å². The van der Waals surface area contributed by atoms with Crippen molar-refractivity contribution >= 4 is 33.5 Å². The van der Waals surface area contributed by atoms with E-state index in [1.807, 2.05) is 86.6 Å². The van der Waals surface area contributed by atoms with E-state index in [1.165, 1.54) is 0 Å². The highest BCUT2D eigenvalue weighted by molar-refractivity contribution is 5.87. The summed E-state index contributed by atoms with van der Waals surface area (Å²) in [7, 11) is 1.64. The molecule has 0 heterocycles. The fourth-order valence-corrected chi connectivity index (χ4v) is 4.79. The second kappa shape index (κ2) is 17.5. The molecule has 45 heavy (non-hydrogen) atoms. The molecule has 0 spiro atoms. The zero-order valence-corrected chi connectivity index (χ0v) is 26.2. The molecule has 4 aromatic rings. The minimum atomic E-state index is -0.405. The van der Waals surface area contributed by atoms with Crippen molar-refractivity contribution in [2.45, 2.75) is 32.3 Å². The zero-order chi connectivity index (χ0) is 32.0. The molecule has 0 radical (unpaired) electrons. The van der Waals surface area contributed by atoms with Crippen molar-refractivity contribution in [2.24, 2.45) is 0 Å². The SMILES string of the molecule is COc1ccc2cc([C@H](C)C(=O)OCCOCCOCCOCCOC(=O)[C@@H](C)c3ccc4cc(CO)ccc4c3)ccc2c1. The molecule has 4 rings (SSSR count). The fraction of sp³-hybridized carbons (Fsp3) is 0.389. The van der Waals surface area contributed by atoms with Gasteiger partial charge in [0.1, 0.15) is 19.0 Å². The smallest absolute Gasteiger partial charge is 0.313 e. The van der Waals surface area contributed by atoms with Gasteiger partial charge in [-0.2, -0.15) is 0 Å². The summed E-state index contributed by atoms with van der Waals surface area (Å²) in [6, 6.07) is 23.3. The van der Waals surface area contributed by atoms with Crippen molar-refractivity contribution in [3.8, 4) is 5.75 Å². The summed E-state index contributed by atoms with van der Waals surface area (Å²) >= 11 is 0. The molecule has 1 N–H and O–H groups in total. The molecule has 0 aromatic heterocycles. The minimum Gasteiger partial charge on any atom is -0.497 e. The molecule has 0 saturated heterocycles. The minimum absolute atomic E-state index is 0.00506. The molecule has 4 aromatic carbocycles. The third-order valence-electron chi connectivity index (χ3n) is 7.58. The molecule has 2 atom stereocenters. The number of esters is 2. The Balaban J connectivity index is 0.997. The Bertz CT molecular complexity index is 1440. The lowest BCUT2D eigenvalue weighted by molar-refractivity contribution is -0.147. The molecule has 0 saturated carbocycles. The highest BCUT2D eigenvalue weighted by Gasteiger charge is 2.18. The van der Waals surface area contributed by atoms with Crippen LogP contribution in [0.2, 0.25) is 0 Å². The molecule has 0 amide bonds. The summed E-state index contributed by atoms with van der Waals surface area (Å²) in [4.78, 5) is 25.0. The number of fused-ring (bicyclic) bond motifs is 2. The van der Waals surface area contributed by atoms with Gasteiger partial charge >= 0.3 is 11.9 Å². The summed E-state index contributed by atoms with van der Waals surface area (Å²) in [5.41, 5.74) is 2.61. The summed E-state index contributed by atoms with van der Waals surface area (Å²) < 4.78 is 32.5. The van der Waals surface area contributed by atoms with Crippen LogP contribution >= 0.6 is 0 Å². The molecule has 240 valence electrons. The number of benzene rings is 4. The Morgan fingerprint density at radius 2 is 1.00 bits per heavy atom. The van der Waals surface area contributed by atoms with Crippen LogP contribution in [0.15, 0.2) is 72.8 Å². The average Bonchev–Trinajstić information content (AvgIpc) is 3.08. The number of hydrogen-bond acceptors (Lipinski definition) is 9. The highest BCUT2D eigenvalue weighted by atomic mass is 16.6. The van der Waals surface area contributed by atoms with Gasteiger partial charge < -0.3 is 33.5 Å². The Labute approximate surface area is 263 Å². The van der Waals surface area contributed by atoms with Crippen LogP contribution in [0.3, 0.4) is 0 Å².